The van der Waals surface area contributed by atoms with Crippen LogP contribution in [0.4, 0.5) is 0 Å². The average Bonchev–Trinajstić information content (AvgIpc) is 2.67. The Morgan fingerprint density at radius 2 is 2.21 bits per heavy atom. The molecule has 0 aliphatic carbocycles. The van der Waals surface area contributed by atoms with Crippen LogP contribution < -0.4 is 11.1 Å². The molecule has 0 aliphatic heterocycles. The van der Waals surface area contributed by atoms with Crippen LogP contribution in [0.25, 0.3) is 0 Å². The number of nitrogens with zero attached hydrogens (tertiary/aromatic N) is 2. The number of primary amides is 1. The lowest BCUT2D eigenvalue weighted by Crippen LogP contribution is -2.54. The van der Waals surface area contributed by atoms with E-state index in [-0.39, 0.29) is 11.9 Å². The summed E-state index contributed by atoms with van der Waals surface area (Å²) in [5.74, 6) is -0.303. The smallest absolute Gasteiger partial charge is 0.237 e. The van der Waals surface area contributed by atoms with Crippen LogP contribution in [0, 0.1) is 13.8 Å². The predicted molar refractivity (Wildman–Crippen MR) is 76.9 cm³/mol. The van der Waals surface area contributed by atoms with Crippen molar-refractivity contribution in [1.29, 1.82) is 0 Å². The van der Waals surface area contributed by atoms with Crippen LogP contribution in [0.15, 0.2) is 6.33 Å². The summed E-state index contributed by atoms with van der Waals surface area (Å²) in [6, 6.07) is 0.169. The minimum atomic E-state index is -0.681. The molecular formula is C14H26N4O. The summed E-state index contributed by atoms with van der Waals surface area (Å²) >= 11 is 0. The molecule has 1 amide bonds. The molecule has 0 aliphatic rings. The van der Waals surface area contributed by atoms with E-state index in [9.17, 15) is 4.79 Å². The van der Waals surface area contributed by atoms with Crippen molar-refractivity contribution in [3.05, 3.63) is 17.7 Å². The molecule has 1 heterocycles. The van der Waals surface area contributed by atoms with E-state index in [0.29, 0.717) is 6.42 Å². The molecule has 108 valence electrons. The fourth-order valence-electron chi connectivity index (χ4n) is 2.31. The zero-order valence-corrected chi connectivity index (χ0v) is 12.7. The highest BCUT2D eigenvalue weighted by Gasteiger charge is 2.32. The van der Waals surface area contributed by atoms with Gasteiger partial charge in [-0.3, -0.25) is 4.79 Å². The molecule has 0 bridgehead atoms. The van der Waals surface area contributed by atoms with Crippen LogP contribution in [0.2, 0.25) is 0 Å². The summed E-state index contributed by atoms with van der Waals surface area (Å²) in [5.41, 5.74) is 7.03. The Kier molecular flexibility index (Phi) is 5.11. The van der Waals surface area contributed by atoms with Crippen molar-refractivity contribution in [3.8, 4) is 0 Å². The fourth-order valence-corrected chi connectivity index (χ4v) is 2.31. The van der Waals surface area contributed by atoms with Gasteiger partial charge in [-0.1, -0.05) is 6.92 Å². The Hall–Kier alpha value is -1.36. The number of nitrogens with two attached hydrogens (primary N) is 1. The molecule has 2 atom stereocenters. The Morgan fingerprint density at radius 1 is 1.58 bits per heavy atom. The number of aryl methyl sites for hydroxylation is 1. The summed E-state index contributed by atoms with van der Waals surface area (Å²) < 4.78 is 2.10. The molecule has 1 rings (SSSR count). The number of rotatable bonds is 7. The first-order chi connectivity index (χ1) is 8.81. The van der Waals surface area contributed by atoms with E-state index in [2.05, 4.69) is 28.7 Å². The van der Waals surface area contributed by atoms with E-state index in [0.717, 1.165) is 24.4 Å². The van der Waals surface area contributed by atoms with Gasteiger partial charge in [-0.25, -0.2) is 4.98 Å². The number of carbonyl (C=O) groups excluding carboxylic acids is 1. The lowest BCUT2D eigenvalue weighted by Gasteiger charge is -2.31. The molecule has 0 fully saturated rings. The Labute approximate surface area is 115 Å². The fraction of sp³-hybridized carbons (Fsp3) is 0.714. The van der Waals surface area contributed by atoms with Crippen molar-refractivity contribution < 1.29 is 4.79 Å². The molecular weight excluding hydrogens is 240 g/mol. The second-order valence-corrected chi connectivity index (χ2v) is 5.50. The van der Waals surface area contributed by atoms with Crippen LogP contribution >= 0.6 is 0 Å². The third-order valence-corrected chi connectivity index (χ3v) is 3.77. The highest BCUT2D eigenvalue weighted by molar-refractivity contribution is 5.84. The maximum Gasteiger partial charge on any atom is 0.237 e. The predicted octanol–water partition coefficient (Wildman–Crippen LogP) is 1.69. The van der Waals surface area contributed by atoms with E-state index >= 15 is 0 Å². The van der Waals surface area contributed by atoms with Gasteiger partial charge in [0.15, 0.2) is 0 Å². The summed E-state index contributed by atoms with van der Waals surface area (Å²) in [4.78, 5) is 16.0. The molecule has 0 radical (unpaired) electrons. The number of hydrogen-bond donors (Lipinski definition) is 2. The summed E-state index contributed by atoms with van der Waals surface area (Å²) in [6.45, 7) is 10.8. The molecule has 5 heteroatoms. The topological polar surface area (TPSA) is 72.9 Å². The van der Waals surface area contributed by atoms with Crippen molar-refractivity contribution in [2.45, 2.75) is 59.0 Å². The van der Waals surface area contributed by atoms with E-state index in [1.54, 1.807) is 0 Å². The zero-order valence-electron chi connectivity index (χ0n) is 12.7. The minimum Gasteiger partial charge on any atom is -0.368 e. The number of amides is 1. The van der Waals surface area contributed by atoms with Gasteiger partial charge in [0, 0.05) is 11.7 Å². The highest BCUT2D eigenvalue weighted by Crippen LogP contribution is 2.23. The maximum atomic E-state index is 11.7. The van der Waals surface area contributed by atoms with Gasteiger partial charge in [-0.05, 0) is 47.1 Å². The van der Waals surface area contributed by atoms with Gasteiger partial charge >= 0.3 is 0 Å². The highest BCUT2D eigenvalue weighted by atomic mass is 16.1. The summed E-state index contributed by atoms with van der Waals surface area (Å²) in [7, 11) is 0. The number of carbonyl (C=O) groups is 1. The van der Waals surface area contributed by atoms with Crippen LogP contribution in [0.1, 0.15) is 51.0 Å². The molecule has 0 saturated heterocycles. The molecule has 1 aromatic rings. The quantitative estimate of drug-likeness (QED) is 0.789. The normalized spacial score (nSPS) is 16.1. The molecule has 0 saturated carbocycles. The Balaban J connectivity index is 2.85. The van der Waals surface area contributed by atoms with E-state index < -0.39 is 5.54 Å². The van der Waals surface area contributed by atoms with Crippen molar-refractivity contribution in [2.24, 2.45) is 5.73 Å². The van der Waals surface area contributed by atoms with Crippen LogP contribution in [0.3, 0.4) is 0 Å². The Morgan fingerprint density at radius 3 is 2.63 bits per heavy atom. The van der Waals surface area contributed by atoms with Crippen LogP contribution in [0.5, 0.6) is 0 Å². The first-order valence-electron chi connectivity index (χ1n) is 6.86. The Bertz CT molecular complexity index is 441. The largest absolute Gasteiger partial charge is 0.368 e. The van der Waals surface area contributed by atoms with Gasteiger partial charge in [0.1, 0.15) is 0 Å². The molecule has 1 aromatic heterocycles. The maximum absolute atomic E-state index is 11.7. The van der Waals surface area contributed by atoms with Crippen LogP contribution in [-0.2, 0) is 4.79 Å². The standard InChI is InChI=1S/C14H26N4O/c1-6-7-17-14(5,13(15)19)8-10(2)18-9-16-11(3)12(18)4/h9-10,17H,6-8H2,1-5H3,(H2,15,19). The third kappa shape index (κ3) is 3.56. The van der Waals surface area contributed by atoms with Gasteiger partial charge in [0.2, 0.25) is 5.91 Å². The minimum absolute atomic E-state index is 0.169. The van der Waals surface area contributed by atoms with E-state index in [4.69, 9.17) is 5.73 Å². The van der Waals surface area contributed by atoms with Gasteiger partial charge in [0.05, 0.1) is 17.6 Å². The van der Waals surface area contributed by atoms with Gasteiger partial charge in [-0.2, -0.15) is 0 Å². The van der Waals surface area contributed by atoms with Gasteiger partial charge in [-0.15, -0.1) is 0 Å². The third-order valence-electron chi connectivity index (χ3n) is 3.77. The lowest BCUT2D eigenvalue weighted by atomic mass is 9.92. The molecule has 0 spiro atoms. The number of hydrogen-bond acceptors (Lipinski definition) is 3. The molecule has 19 heavy (non-hydrogen) atoms. The molecule has 0 aromatic carbocycles. The number of imidazole rings is 1. The monoisotopic (exact) mass is 266 g/mol. The SMILES string of the molecule is CCCNC(C)(CC(C)n1cnc(C)c1C)C(N)=O. The lowest BCUT2D eigenvalue weighted by molar-refractivity contribution is -0.124. The van der Waals surface area contributed by atoms with Crippen LogP contribution in [-0.4, -0.2) is 27.5 Å². The first-order valence-corrected chi connectivity index (χ1v) is 6.86. The average molecular weight is 266 g/mol. The second kappa shape index (κ2) is 6.19. The van der Waals surface area contributed by atoms with Crippen molar-refractivity contribution in [3.63, 3.8) is 0 Å². The number of aromatic nitrogens is 2. The van der Waals surface area contributed by atoms with Gasteiger partial charge < -0.3 is 15.6 Å². The van der Waals surface area contributed by atoms with E-state index in [1.807, 2.05) is 27.1 Å². The summed E-state index contributed by atoms with van der Waals surface area (Å²) in [5, 5.41) is 3.26. The molecule has 2 unspecified atom stereocenters. The van der Waals surface area contributed by atoms with E-state index in [1.165, 1.54) is 0 Å². The van der Waals surface area contributed by atoms with Crippen molar-refractivity contribution in [1.82, 2.24) is 14.9 Å². The van der Waals surface area contributed by atoms with Gasteiger partial charge in [0.25, 0.3) is 0 Å². The molecule has 3 N–H and O–H groups in total. The molecule has 5 nitrogen and oxygen atoms in total. The zero-order chi connectivity index (χ0) is 14.6. The second-order valence-electron chi connectivity index (χ2n) is 5.50. The van der Waals surface area contributed by atoms with Crippen molar-refractivity contribution >= 4 is 5.91 Å². The number of nitrogens with one attached hydrogen (secondary N) is 1. The first kappa shape index (κ1) is 15.7. The summed E-state index contributed by atoms with van der Waals surface area (Å²) in [6.07, 6.45) is 3.45. The van der Waals surface area contributed by atoms with Crippen molar-refractivity contribution in [2.75, 3.05) is 6.54 Å².